The molecule has 0 spiro atoms. The van der Waals surface area contributed by atoms with Gasteiger partial charge in [0.15, 0.2) is 0 Å². The largest absolute Gasteiger partial charge is 0.496 e. The van der Waals surface area contributed by atoms with Crippen LogP contribution in [0.1, 0.15) is 18.0 Å². The second kappa shape index (κ2) is 7.20. The summed E-state index contributed by atoms with van der Waals surface area (Å²) >= 11 is 6.02. The highest BCUT2D eigenvalue weighted by atomic mass is 35.5. The third-order valence-corrected chi connectivity index (χ3v) is 3.78. The minimum atomic E-state index is -2.36. The topological polar surface area (TPSA) is 24.5 Å². The van der Waals surface area contributed by atoms with E-state index in [-0.39, 0.29) is 12.5 Å². The monoisotopic (exact) mass is 304 g/mol. The van der Waals surface area contributed by atoms with Crippen LogP contribution in [0.2, 0.25) is 5.02 Å². The number of hydrogen-bond donors (Lipinski definition) is 1. The molecule has 0 aliphatic carbocycles. The molecule has 1 N–H and O–H groups in total. The van der Waals surface area contributed by atoms with E-state index in [1.807, 2.05) is 0 Å². The highest BCUT2D eigenvalue weighted by molar-refractivity contribution is 6.30. The highest BCUT2D eigenvalue weighted by Gasteiger charge is 2.27. The van der Waals surface area contributed by atoms with Crippen molar-refractivity contribution in [3.63, 3.8) is 0 Å². The second-order valence-electron chi connectivity index (χ2n) is 4.81. The van der Waals surface area contributed by atoms with Gasteiger partial charge in [-0.15, -0.1) is 0 Å². The lowest BCUT2D eigenvalue weighted by Crippen LogP contribution is -2.45. The minimum absolute atomic E-state index is 0.212. The van der Waals surface area contributed by atoms with E-state index in [2.05, 4.69) is 10.2 Å². The Morgan fingerprint density at radius 3 is 2.65 bits per heavy atom. The highest BCUT2D eigenvalue weighted by Crippen LogP contribution is 2.35. The summed E-state index contributed by atoms with van der Waals surface area (Å²) < 4.78 is 31.2. The first-order valence-electron chi connectivity index (χ1n) is 6.68. The molecule has 1 saturated heterocycles. The van der Waals surface area contributed by atoms with Crippen molar-refractivity contribution in [2.24, 2.45) is 0 Å². The number of nitrogens with one attached hydrogen (secondary N) is 1. The van der Waals surface area contributed by atoms with E-state index < -0.39 is 6.43 Å². The molecule has 2 rings (SSSR count). The number of rotatable bonds is 5. The smallest absolute Gasteiger partial charge is 0.240 e. The lowest BCUT2D eigenvalue weighted by molar-refractivity contribution is 0.0729. The summed E-state index contributed by atoms with van der Waals surface area (Å²) in [5, 5.41) is 3.77. The van der Waals surface area contributed by atoms with Gasteiger partial charge >= 0.3 is 0 Å². The van der Waals surface area contributed by atoms with Crippen molar-refractivity contribution in [1.82, 2.24) is 10.2 Å². The number of hydrogen-bond acceptors (Lipinski definition) is 3. The fourth-order valence-corrected chi connectivity index (χ4v) is 2.78. The summed E-state index contributed by atoms with van der Waals surface area (Å²) in [5.41, 5.74) is 0.738. The van der Waals surface area contributed by atoms with Crippen molar-refractivity contribution in [3.8, 4) is 5.75 Å². The second-order valence-corrected chi connectivity index (χ2v) is 5.25. The number of ether oxygens (including phenoxy) is 1. The van der Waals surface area contributed by atoms with Crippen LogP contribution in [0.3, 0.4) is 0 Å². The third-order valence-electron chi connectivity index (χ3n) is 3.54. The normalized spacial score (nSPS) is 18.2. The molecule has 1 aliphatic rings. The van der Waals surface area contributed by atoms with E-state index in [0.29, 0.717) is 10.8 Å². The summed E-state index contributed by atoms with van der Waals surface area (Å²) in [4.78, 5) is 2.07. The molecule has 6 heteroatoms. The van der Waals surface area contributed by atoms with Gasteiger partial charge in [0.25, 0.3) is 0 Å². The molecular formula is C14H19ClF2N2O. The molecule has 3 nitrogen and oxygen atoms in total. The summed E-state index contributed by atoms with van der Waals surface area (Å²) in [7, 11) is 1.55. The Hall–Kier alpha value is -0.910. The number of piperazine rings is 1. The maximum atomic E-state index is 12.9. The van der Waals surface area contributed by atoms with Crippen molar-refractivity contribution in [2.45, 2.75) is 18.9 Å². The molecule has 20 heavy (non-hydrogen) atoms. The van der Waals surface area contributed by atoms with Crippen LogP contribution in [0.25, 0.3) is 0 Å². The maximum Gasteiger partial charge on any atom is 0.240 e. The van der Waals surface area contributed by atoms with E-state index >= 15 is 0 Å². The van der Waals surface area contributed by atoms with Gasteiger partial charge in [0.2, 0.25) is 6.43 Å². The SMILES string of the molecule is COc1ccc(Cl)cc1[C@H](CC(F)F)N1CCNCC1. The number of methoxy groups -OCH3 is 1. The molecule has 0 bridgehead atoms. The van der Waals surface area contributed by atoms with Crippen molar-refractivity contribution < 1.29 is 13.5 Å². The zero-order chi connectivity index (χ0) is 14.5. The summed E-state index contributed by atoms with van der Waals surface area (Å²) in [6, 6.07) is 4.81. The molecule has 1 aliphatic heterocycles. The van der Waals surface area contributed by atoms with Crippen molar-refractivity contribution in [2.75, 3.05) is 33.3 Å². The van der Waals surface area contributed by atoms with Crippen LogP contribution in [0.15, 0.2) is 18.2 Å². The van der Waals surface area contributed by atoms with E-state index in [4.69, 9.17) is 16.3 Å². The molecule has 0 aromatic heterocycles. The first kappa shape index (κ1) is 15.5. The van der Waals surface area contributed by atoms with Gasteiger partial charge < -0.3 is 10.1 Å². The first-order chi connectivity index (χ1) is 9.61. The van der Waals surface area contributed by atoms with E-state index in [1.165, 1.54) is 0 Å². The predicted octanol–water partition coefficient (Wildman–Crippen LogP) is 2.95. The van der Waals surface area contributed by atoms with Crippen LogP contribution in [-0.2, 0) is 0 Å². The van der Waals surface area contributed by atoms with Crippen LogP contribution < -0.4 is 10.1 Å². The molecule has 0 unspecified atom stereocenters. The number of nitrogens with zero attached hydrogens (tertiary/aromatic N) is 1. The van der Waals surface area contributed by atoms with Gasteiger partial charge in [0.05, 0.1) is 7.11 Å². The van der Waals surface area contributed by atoms with Gasteiger partial charge in [0, 0.05) is 49.2 Å². The zero-order valence-corrected chi connectivity index (χ0v) is 12.2. The quantitative estimate of drug-likeness (QED) is 0.905. The average Bonchev–Trinajstić information content (AvgIpc) is 2.45. The molecular weight excluding hydrogens is 286 g/mol. The Balaban J connectivity index is 2.31. The molecule has 0 radical (unpaired) electrons. The van der Waals surface area contributed by atoms with Gasteiger partial charge in [0.1, 0.15) is 5.75 Å². The van der Waals surface area contributed by atoms with Crippen LogP contribution in [0.4, 0.5) is 8.78 Å². The number of alkyl halides is 2. The molecule has 1 atom stereocenters. The van der Waals surface area contributed by atoms with Crippen molar-refractivity contribution in [3.05, 3.63) is 28.8 Å². The zero-order valence-electron chi connectivity index (χ0n) is 11.4. The minimum Gasteiger partial charge on any atom is -0.496 e. The van der Waals surface area contributed by atoms with E-state index in [1.54, 1.807) is 25.3 Å². The third kappa shape index (κ3) is 3.81. The van der Waals surface area contributed by atoms with E-state index in [9.17, 15) is 8.78 Å². The fourth-order valence-electron chi connectivity index (χ4n) is 2.60. The maximum absolute atomic E-state index is 12.9. The Labute approximate surface area is 122 Å². The Kier molecular flexibility index (Phi) is 5.57. The van der Waals surface area contributed by atoms with Crippen molar-refractivity contribution >= 4 is 11.6 Å². The van der Waals surface area contributed by atoms with Crippen LogP contribution in [-0.4, -0.2) is 44.6 Å². The standard InChI is InChI=1S/C14H19ClF2N2O/c1-20-13-3-2-10(15)8-11(13)12(9-14(16)17)19-6-4-18-5-7-19/h2-3,8,12,14,18H,4-7,9H2,1H3/t12-/m0/s1. The van der Waals surface area contributed by atoms with Gasteiger partial charge in [-0.2, -0.15) is 0 Å². The molecule has 1 aromatic carbocycles. The van der Waals surface area contributed by atoms with Gasteiger partial charge in [-0.1, -0.05) is 11.6 Å². The molecule has 0 amide bonds. The molecule has 1 fully saturated rings. The lowest BCUT2D eigenvalue weighted by Gasteiger charge is -2.35. The molecule has 0 saturated carbocycles. The molecule has 1 aromatic rings. The molecule has 1 heterocycles. The molecule has 112 valence electrons. The Morgan fingerprint density at radius 1 is 1.35 bits per heavy atom. The van der Waals surface area contributed by atoms with Crippen LogP contribution in [0.5, 0.6) is 5.75 Å². The lowest BCUT2D eigenvalue weighted by atomic mass is 10.00. The van der Waals surface area contributed by atoms with Crippen LogP contribution in [0, 0.1) is 0 Å². The fraction of sp³-hybridized carbons (Fsp3) is 0.571. The van der Waals surface area contributed by atoms with Gasteiger partial charge in [-0.3, -0.25) is 4.90 Å². The average molecular weight is 305 g/mol. The van der Waals surface area contributed by atoms with Crippen LogP contribution >= 0.6 is 11.6 Å². The number of benzene rings is 1. The first-order valence-corrected chi connectivity index (χ1v) is 7.06. The summed E-state index contributed by atoms with van der Waals surface area (Å²) in [6.07, 6.45) is -2.57. The number of halogens is 3. The van der Waals surface area contributed by atoms with E-state index in [0.717, 1.165) is 31.7 Å². The van der Waals surface area contributed by atoms with Crippen molar-refractivity contribution in [1.29, 1.82) is 0 Å². The summed E-state index contributed by atoms with van der Waals surface area (Å²) in [5.74, 6) is 0.610. The van der Waals surface area contributed by atoms with Gasteiger partial charge in [-0.25, -0.2) is 8.78 Å². The summed E-state index contributed by atoms with van der Waals surface area (Å²) in [6.45, 7) is 3.10. The van der Waals surface area contributed by atoms with Gasteiger partial charge in [-0.05, 0) is 18.2 Å². The Bertz CT molecular complexity index is 439. The Morgan fingerprint density at radius 2 is 2.05 bits per heavy atom. The predicted molar refractivity (Wildman–Crippen MR) is 75.8 cm³/mol.